The number of rotatable bonds is 5. The molecule has 2 unspecified atom stereocenters. The smallest absolute Gasteiger partial charge is 0.338 e. The third-order valence-electron chi connectivity index (χ3n) is 3.88. The Labute approximate surface area is 158 Å². The van der Waals surface area contributed by atoms with Crippen LogP contribution in [0.15, 0.2) is 60.7 Å². The molecular weight excluding hydrogens is 407 g/mol. The van der Waals surface area contributed by atoms with E-state index in [0.29, 0.717) is 11.1 Å². The average molecular weight is 423 g/mol. The lowest BCUT2D eigenvalue weighted by Crippen LogP contribution is -2.37. The molecule has 0 aromatic heterocycles. The maximum Gasteiger partial charge on any atom is 0.338 e. The fraction of sp³-hybridized carbons (Fsp3) is 0.263. The van der Waals surface area contributed by atoms with Gasteiger partial charge in [-0.15, -0.1) is 0 Å². The van der Waals surface area contributed by atoms with Crippen molar-refractivity contribution < 1.29 is 28.2 Å². The first kappa shape index (κ1) is 18.5. The second kappa shape index (κ2) is 8.42. The maximum absolute atomic E-state index is 14.4. The molecule has 0 amide bonds. The predicted molar refractivity (Wildman–Crippen MR) is 94.9 cm³/mol. The molecule has 2 aromatic rings. The van der Waals surface area contributed by atoms with Crippen LogP contribution in [0.25, 0.3) is 0 Å². The quantitative estimate of drug-likeness (QED) is 0.544. The zero-order chi connectivity index (χ0) is 18.5. The fourth-order valence-electron chi connectivity index (χ4n) is 2.53. The van der Waals surface area contributed by atoms with Crippen LogP contribution in [0.4, 0.5) is 4.39 Å². The molecule has 1 aliphatic rings. The van der Waals surface area contributed by atoms with Gasteiger partial charge in [0.05, 0.1) is 11.1 Å². The zero-order valence-corrected chi connectivity index (χ0v) is 15.2. The molecule has 3 rings (SSSR count). The molecule has 1 fully saturated rings. The Bertz CT molecular complexity index is 755. The van der Waals surface area contributed by atoms with Crippen molar-refractivity contribution in [3.8, 4) is 0 Å². The molecule has 0 aliphatic carbocycles. The van der Waals surface area contributed by atoms with Gasteiger partial charge in [0.25, 0.3) is 0 Å². The summed E-state index contributed by atoms with van der Waals surface area (Å²) in [6.45, 7) is -0.233. The minimum absolute atomic E-state index is 0.233. The van der Waals surface area contributed by atoms with Crippen LogP contribution in [0.2, 0.25) is 0 Å². The van der Waals surface area contributed by atoms with Crippen LogP contribution in [-0.2, 0) is 14.2 Å². The first-order valence-electron chi connectivity index (χ1n) is 7.98. The van der Waals surface area contributed by atoms with Crippen molar-refractivity contribution in [2.75, 3.05) is 6.61 Å². The molecule has 4 atom stereocenters. The summed E-state index contributed by atoms with van der Waals surface area (Å²) in [5.41, 5.74) is 0.674. The summed E-state index contributed by atoms with van der Waals surface area (Å²) >= 11 is 3.05. The number of halogens is 2. The third kappa shape index (κ3) is 4.28. The number of carbonyl (C=O) groups is 2. The van der Waals surface area contributed by atoms with Crippen molar-refractivity contribution in [2.45, 2.75) is 23.4 Å². The lowest BCUT2D eigenvalue weighted by molar-refractivity contribution is -0.0342. The molecule has 0 saturated carbocycles. The molecule has 0 N–H and O–H groups in total. The van der Waals surface area contributed by atoms with Crippen molar-refractivity contribution in [1.82, 2.24) is 0 Å². The van der Waals surface area contributed by atoms with Crippen LogP contribution in [0.3, 0.4) is 0 Å². The number of carbonyl (C=O) groups excluding carboxylic acids is 2. The topological polar surface area (TPSA) is 61.8 Å². The summed E-state index contributed by atoms with van der Waals surface area (Å²) in [6, 6.07) is 16.7. The predicted octanol–water partition coefficient (Wildman–Crippen LogP) is 3.53. The Morgan fingerprint density at radius 2 is 1.50 bits per heavy atom. The summed E-state index contributed by atoms with van der Waals surface area (Å²) in [4.78, 5) is 24.2. The SMILES string of the molecule is O=C(OC[C@H]1OC(Br)C(F)[C@@H]1OC(=O)c1ccccc1)c1ccccc1. The molecule has 2 aromatic carbocycles. The van der Waals surface area contributed by atoms with Gasteiger partial charge < -0.3 is 14.2 Å². The molecule has 26 heavy (non-hydrogen) atoms. The Kier molecular flexibility index (Phi) is 6.00. The van der Waals surface area contributed by atoms with Crippen LogP contribution >= 0.6 is 15.9 Å². The number of ether oxygens (including phenoxy) is 3. The highest BCUT2D eigenvalue weighted by Gasteiger charge is 2.47. The van der Waals surface area contributed by atoms with E-state index in [1.165, 1.54) is 0 Å². The maximum atomic E-state index is 14.4. The molecule has 136 valence electrons. The number of hydrogen-bond acceptors (Lipinski definition) is 5. The van der Waals surface area contributed by atoms with Crippen LogP contribution in [0, 0.1) is 0 Å². The first-order valence-corrected chi connectivity index (χ1v) is 8.89. The van der Waals surface area contributed by atoms with E-state index >= 15 is 0 Å². The zero-order valence-electron chi connectivity index (χ0n) is 13.6. The van der Waals surface area contributed by atoms with Crippen molar-refractivity contribution >= 4 is 27.9 Å². The minimum Gasteiger partial charge on any atom is -0.459 e. The second-order valence-corrected chi connectivity index (χ2v) is 6.57. The molecule has 1 aliphatic heterocycles. The standard InChI is InChI=1S/C19H16BrFO5/c20-17-15(21)16(26-19(23)13-9-5-2-6-10-13)14(25-17)11-24-18(22)12-7-3-1-4-8-12/h1-10,14-17H,11H2/t14-,15?,16-,17?/m1/s1. The molecule has 1 saturated heterocycles. The summed E-state index contributed by atoms with van der Waals surface area (Å²) in [7, 11) is 0. The highest BCUT2D eigenvalue weighted by molar-refractivity contribution is 9.09. The Morgan fingerprint density at radius 3 is 2.08 bits per heavy atom. The largest absolute Gasteiger partial charge is 0.459 e. The summed E-state index contributed by atoms with van der Waals surface area (Å²) in [6.07, 6.45) is -3.67. The second-order valence-electron chi connectivity index (χ2n) is 5.67. The molecule has 1 heterocycles. The van der Waals surface area contributed by atoms with Gasteiger partial charge in [0.2, 0.25) is 0 Å². The van der Waals surface area contributed by atoms with Gasteiger partial charge in [0.15, 0.2) is 12.3 Å². The number of hydrogen-bond donors (Lipinski definition) is 0. The van der Waals surface area contributed by atoms with Crippen LogP contribution in [0.5, 0.6) is 0 Å². The highest BCUT2D eigenvalue weighted by Crippen LogP contribution is 2.31. The van der Waals surface area contributed by atoms with E-state index in [1.807, 2.05) is 0 Å². The Balaban J connectivity index is 1.63. The summed E-state index contributed by atoms with van der Waals surface area (Å²) in [5, 5.41) is -0.948. The van der Waals surface area contributed by atoms with E-state index in [4.69, 9.17) is 14.2 Å². The minimum atomic E-state index is -1.58. The van der Waals surface area contributed by atoms with Gasteiger partial charge >= 0.3 is 11.9 Å². The average Bonchev–Trinajstić information content (AvgIpc) is 2.95. The Morgan fingerprint density at radius 1 is 0.962 bits per heavy atom. The van der Waals surface area contributed by atoms with Gasteiger partial charge in [-0.25, -0.2) is 14.0 Å². The van der Waals surface area contributed by atoms with Gasteiger partial charge in [-0.05, 0) is 24.3 Å². The summed E-state index contributed by atoms with van der Waals surface area (Å²) < 4.78 is 30.2. The van der Waals surface area contributed by atoms with Crippen LogP contribution in [-0.4, -0.2) is 41.9 Å². The molecule has 0 spiro atoms. The van der Waals surface area contributed by atoms with Gasteiger partial charge in [0, 0.05) is 0 Å². The van der Waals surface area contributed by atoms with Crippen molar-refractivity contribution in [1.29, 1.82) is 0 Å². The number of alkyl halides is 2. The van der Waals surface area contributed by atoms with Crippen molar-refractivity contribution in [3.05, 3.63) is 71.8 Å². The van der Waals surface area contributed by atoms with Gasteiger partial charge in [-0.2, -0.15) is 0 Å². The number of esters is 2. The van der Waals surface area contributed by atoms with E-state index in [1.54, 1.807) is 60.7 Å². The highest BCUT2D eigenvalue weighted by atomic mass is 79.9. The van der Waals surface area contributed by atoms with Crippen molar-refractivity contribution in [3.63, 3.8) is 0 Å². The fourth-order valence-corrected chi connectivity index (χ4v) is 3.11. The number of benzene rings is 2. The monoisotopic (exact) mass is 422 g/mol. The normalized spacial score (nSPS) is 24.8. The van der Waals surface area contributed by atoms with E-state index in [2.05, 4.69) is 15.9 Å². The van der Waals surface area contributed by atoms with Gasteiger partial charge in [0.1, 0.15) is 17.7 Å². The van der Waals surface area contributed by atoms with Gasteiger partial charge in [-0.3, -0.25) is 0 Å². The Hall–Kier alpha value is -2.25. The van der Waals surface area contributed by atoms with E-state index in [9.17, 15) is 14.0 Å². The van der Waals surface area contributed by atoms with E-state index < -0.39 is 35.3 Å². The molecular formula is C19H16BrFO5. The molecule has 5 nitrogen and oxygen atoms in total. The summed E-state index contributed by atoms with van der Waals surface area (Å²) in [5.74, 6) is -1.22. The van der Waals surface area contributed by atoms with Crippen LogP contribution in [0.1, 0.15) is 20.7 Å². The lowest BCUT2D eigenvalue weighted by Gasteiger charge is -2.19. The van der Waals surface area contributed by atoms with Crippen molar-refractivity contribution in [2.24, 2.45) is 0 Å². The molecule has 0 bridgehead atoms. The molecule has 7 heteroatoms. The third-order valence-corrected chi connectivity index (χ3v) is 4.60. The first-order chi connectivity index (χ1) is 12.6. The molecule has 0 radical (unpaired) electrons. The van der Waals surface area contributed by atoms with E-state index in [0.717, 1.165) is 0 Å². The van der Waals surface area contributed by atoms with E-state index in [-0.39, 0.29) is 6.61 Å². The lowest BCUT2D eigenvalue weighted by atomic mass is 10.1. The van der Waals surface area contributed by atoms with Crippen LogP contribution < -0.4 is 0 Å². The van der Waals surface area contributed by atoms with Gasteiger partial charge in [-0.1, -0.05) is 52.3 Å².